The van der Waals surface area contributed by atoms with Crippen LogP contribution in [0.25, 0.3) is 10.2 Å². The molecule has 152 valence electrons. The Hall–Kier alpha value is -2.52. The van der Waals surface area contributed by atoms with Crippen molar-refractivity contribution in [3.8, 4) is 0 Å². The van der Waals surface area contributed by atoms with E-state index in [1.165, 1.54) is 0 Å². The SMILES string of the molecule is O=C(O)CN(CCc1ccccc1)C(=S)CCc1nc2c(F)c(F)cc(F)c2s1. The van der Waals surface area contributed by atoms with E-state index in [1.807, 2.05) is 30.3 Å². The van der Waals surface area contributed by atoms with Crippen LogP contribution in [0.15, 0.2) is 36.4 Å². The molecule has 0 saturated heterocycles. The minimum atomic E-state index is -1.28. The van der Waals surface area contributed by atoms with Crippen molar-refractivity contribution in [1.82, 2.24) is 9.88 Å². The van der Waals surface area contributed by atoms with Gasteiger partial charge in [0.1, 0.15) is 17.9 Å². The van der Waals surface area contributed by atoms with Gasteiger partial charge in [-0.15, -0.1) is 11.3 Å². The Balaban J connectivity index is 1.67. The number of benzene rings is 2. The Morgan fingerprint density at radius 2 is 1.86 bits per heavy atom. The average Bonchev–Trinajstić information content (AvgIpc) is 3.13. The fourth-order valence-corrected chi connectivity index (χ4v) is 4.09. The lowest BCUT2D eigenvalue weighted by Crippen LogP contribution is -2.36. The third-order valence-corrected chi connectivity index (χ3v) is 5.89. The number of nitrogens with zero attached hydrogens (tertiary/aromatic N) is 2. The number of hydrogen-bond donors (Lipinski definition) is 1. The number of thiocarbonyl (C=S) groups is 1. The van der Waals surface area contributed by atoms with E-state index in [4.69, 9.17) is 17.3 Å². The smallest absolute Gasteiger partial charge is 0.323 e. The Morgan fingerprint density at radius 3 is 2.55 bits per heavy atom. The molecule has 0 aliphatic rings. The molecule has 0 atom stereocenters. The molecular formula is C20H17F3N2O2S2. The normalized spacial score (nSPS) is 11.0. The van der Waals surface area contributed by atoms with E-state index < -0.39 is 23.4 Å². The molecule has 3 aromatic rings. The van der Waals surface area contributed by atoms with Crippen molar-refractivity contribution >= 4 is 44.7 Å². The van der Waals surface area contributed by atoms with Gasteiger partial charge in [0.05, 0.1) is 14.7 Å². The van der Waals surface area contributed by atoms with E-state index >= 15 is 0 Å². The minimum Gasteiger partial charge on any atom is -0.480 e. The number of aromatic nitrogens is 1. The zero-order valence-corrected chi connectivity index (χ0v) is 16.8. The lowest BCUT2D eigenvalue weighted by Gasteiger charge is -2.23. The number of carboxylic acid groups (broad SMARTS) is 1. The van der Waals surface area contributed by atoms with E-state index in [1.54, 1.807) is 4.90 Å². The van der Waals surface area contributed by atoms with Gasteiger partial charge in [-0.3, -0.25) is 4.79 Å². The van der Waals surface area contributed by atoms with Gasteiger partial charge in [0.2, 0.25) is 0 Å². The zero-order valence-electron chi connectivity index (χ0n) is 15.2. The van der Waals surface area contributed by atoms with Gasteiger partial charge in [0, 0.05) is 25.5 Å². The van der Waals surface area contributed by atoms with Crippen molar-refractivity contribution in [2.75, 3.05) is 13.1 Å². The van der Waals surface area contributed by atoms with E-state index in [0.29, 0.717) is 35.4 Å². The summed E-state index contributed by atoms with van der Waals surface area (Å²) < 4.78 is 41.0. The first-order chi connectivity index (χ1) is 13.8. The maximum absolute atomic E-state index is 13.8. The summed E-state index contributed by atoms with van der Waals surface area (Å²) in [6.45, 7) is 0.198. The first-order valence-corrected chi connectivity index (χ1v) is 10.0. The summed E-state index contributed by atoms with van der Waals surface area (Å²) in [6, 6.07) is 10.1. The van der Waals surface area contributed by atoms with Crippen LogP contribution in [-0.4, -0.2) is 39.0 Å². The van der Waals surface area contributed by atoms with Crippen LogP contribution in [0.4, 0.5) is 13.2 Å². The van der Waals surface area contributed by atoms with Gasteiger partial charge >= 0.3 is 5.97 Å². The van der Waals surface area contributed by atoms with Crippen LogP contribution in [0.2, 0.25) is 0 Å². The monoisotopic (exact) mass is 438 g/mol. The van der Waals surface area contributed by atoms with E-state index in [0.717, 1.165) is 16.9 Å². The van der Waals surface area contributed by atoms with Crippen LogP contribution in [0.3, 0.4) is 0 Å². The minimum absolute atomic E-state index is 0.0451. The first kappa shape index (κ1) is 21.2. The molecule has 1 aromatic heterocycles. The van der Waals surface area contributed by atoms with E-state index in [-0.39, 0.29) is 23.2 Å². The molecule has 4 nitrogen and oxygen atoms in total. The number of carbonyl (C=O) groups is 1. The van der Waals surface area contributed by atoms with Gasteiger partial charge in [0.25, 0.3) is 0 Å². The molecule has 3 rings (SSSR count). The number of carboxylic acids is 1. The van der Waals surface area contributed by atoms with Crippen molar-refractivity contribution in [3.63, 3.8) is 0 Å². The van der Waals surface area contributed by atoms with Crippen LogP contribution < -0.4 is 0 Å². The van der Waals surface area contributed by atoms with E-state index in [2.05, 4.69) is 4.98 Å². The highest BCUT2D eigenvalue weighted by molar-refractivity contribution is 7.80. The Morgan fingerprint density at radius 1 is 1.14 bits per heavy atom. The molecule has 29 heavy (non-hydrogen) atoms. The highest BCUT2D eigenvalue weighted by Gasteiger charge is 2.19. The van der Waals surface area contributed by atoms with Crippen molar-refractivity contribution in [2.24, 2.45) is 0 Å². The number of aryl methyl sites for hydroxylation is 1. The summed E-state index contributed by atoms with van der Waals surface area (Å²) >= 11 is 6.33. The molecule has 0 saturated carbocycles. The largest absolute Gasteiger partial charge is 0.480 e. The third kappa shape index (κ3) is 5.30. The molecule has 0 unspecified atom stereocenters. The maximum atomic E-state index is 13.8. The number of halogens is 3. The molecule has 9 heteroatoms. The average molecular weight is 438 g/mol. The highest BCUT2D eigenvalue weighted by atomic mass is 32.1. The molecule has 1 N–H and O–H groups in total. The van der Waals surface area contributed by atoms with Crippen molar-refractivity contribution in [3.05, 3.63) is 64.4 Å². The third-order valence-electron chi connectivity index (χ3n) is 4.30. The van der Waals surface area contributed by atoms with Gasteiger partial charge in [-0.05, 0) is 12.0 Å². The van der Waals surface area contributed by atoms with Gasteiger partial charge in [-0.1, -0.05) is 42.5 Å². The summed E-state index contributed by atoms with van der Waals surface area (Å²) in [4.78, 5) is 17.2. The Labute approximate surface area is 174 Å². The van der Waals surface area contributed by atoms with Gasteiger partial charge in [0.15, 0.2) is 11.6 Å². The van der Waals surface area contributed by atoms with Gasteiger partial charge < -0.3 is 10.0 Å². The second kappa shape index (κ2) is 9.32. The molecule has 0 radical (unpaired) electrons. The molecule has 0 amide bonds. The molecule has 0 bridgehead atoms. The lowest BCUT2D eigenvalue weighted by molar-refractivity contribution is -0.137. The number of rotatable bonds is 8. The van der Waals surface area contributed by atoms with Crippen LogP contribution in [-0.2, 0) is 17.6 Å². The lowest BCUT2D eigenvalue weighted by atomic mass is 10.1. The fraction of sp³-hybridized carbons (Fsp3) is 0.250. The van der Waals surface area contributed by atoms with Crippen LogP contribution in [0.5, 0.6) is 0 Å². The molecular weight excluding hydrogens is 421 g/mol. The summed E-state index contributed by atoms with van der Waals surface area (Å²) in [7, 11) is 0. The molecule has 0 aliphatic carbocycles. The molecule has 0 spiro atoms. The Kier molecular flexibility index (Phi) is 6.81. The van der Waals surface area contributed by atoms with Crippen LogP contribution in [0.1, 0.15) is 17.0 Å². The predicted molar refractivity (Wildman–Crippen MR) is 110 cm³/mol. The molecule has 1 heterocycles. The maximum Gasteiger partial charge on any atom is 0.323 e. The predicted octanol–water partition coefficient (Wildman–Crippen LogP) is 4.60. The number of aliphatic carboxylic acids is 1. The summed E-state index contributed by atoms with van der Waals surface area (Å²) in [6.07, 6.45) is 1.20. The molecule has 0 aliphatic heterocycles. The zero-order chi connectivity index (χ0) is 21.0. The van der Waals surface area contributed by atoms with E-state index in [9.17, 15) is 18.0 Å². The number of thiazole rings is 1. The molecule has 0 fully saturated rings. The van der Waals surface area contributed by atoms with Crippen molar-refractivity contribution in [1.29, 1.82) is 0 Å². The standard InChI is InChI=1S/C20H17F3N2O2S2/c21-13-10-14(22)20-19(18(13)23)24-15(29-20)6-7-16(28)25(11-17(26)27)9-8-12-4-2-1-3-5-12/h1-5,10H,6-9,11H2,(H,26,27). The second-order valence-electron chi connectivity index (χ2n) is 6.38. The van der Waals surface area contributed by atoms with Gasteiger partial charge in [-0.25, -0.2) is 18.2 Å². The molecule has 2 aromatic carbocycles. The number of fused-ring (bicyclic) bond motifs is 1. The second-order valence-corrected chi connectivity index (χ2v) is 7.94. The highest BCUT2D eigenvalue weighted by Crippen LogP contribution is 2.29. The van der Waals surface area contributed by atoms with Gasteiger partial charge in [-0.2, -0.15) is 0 Å². The summed E-state index contributed by atoms with van der Waals surface area (Å²) in [5, 5.41) is 9.57. The summed E-state index contributed by atoms with van der Waals surface area (Å²) in [5.41, 5.74) is 0.727. The Bertz CT molecular complexity index is 1040. The summed E-state index contributed by atoms with van der Waals surface area (Å²) in [5.74, 6) is -4.32. The quantitative estimate of drug-likeness (QED) is 0.411. The van der Waals surface area contributed by atoms with Crippen LogP contribution in [0, 0.1) is 17.5 Å². The number of hydrogen-bond acceptors (Lipinski definition) is 4. The first-order valence-electron chi connectivity index (χ1n) is 8.81. The fourth-order valence-electron chi connectivity index (χ4n) is 2.87. The topological polar surface area (TPSA) is 53.4 Å². The van der Waals surface area contributed by atoms with Crippen LogP contribution >= 0.6 is 23.6 Å². The van der Waals surface area contributed by atoms with Crippen molar-refractivity contribution in [2.45, 2.75) is 19.3 Å². The van der Waals surface area contributed by atoms with Crippen molar-refractivity contribution < 1.29 is 23.1 Å².